The van der Waals surface area contributed by atoms with Gasteiger partial charge < -0.3 is 0 Å². The normalized spacial score (nSPS) is 10.5. The van der Waals surface area contributed by atoms with E-state index in [9.17, 15) is 4.79 Å². The standard InChI is InChI=1S/C20H15BrO/c1-14-13-18(21)11-12-19(14)15-7-9-17(10-8-15)20(22)16-5-3-2-4-6-16/h2-13H,1H3. The summed E-state index contributed by atoms with van der Waals surface area (Å²) >= 11 is 3.48. The molecule has 0 bridgehead atoms. The molecule has 0 saturated carbocycles. The molecule has 0 amide bonds. The Morgan fingerprint density at radius 2 is 1.45 bits per heavy atom. The summed E-state index contributed by atoms with van der Waals surface area (Å²) in [5.74, 6) is 0.0553. The first kappa shape index (κ1) is 14.7. The Balaban J connectivity index is 1.91. The van der Waals surface area contributed by atoms with Crippen molar-refractivity contribution in [1.29, 1.82) is 0 Å². The predicted octanol–water partition coefficient (Wildman–Crippen LogP) is 5.66. The second kappa shape index (κ2) is 6.29. The molecule has 0 atom stereocenters. The predicted molar refractivity (Wildman–Crippen MR) is 94.2 cm³/mol. The van der Waals surface area contributed by atoms with E-state index in [0.29, 0.717) is 5.56 Å². The summed E-state index contributed by atoms with van der Waals surface area (Å²) in [6.07, 6.45) is 0. The first-order valence-electron chi connectivity index (χ1n) is 7.11. The lowest BCUT2D eigenvalue weighted by molar-refractivity contribution is 0.103. The topological polar surface area (TPSA) is 17.1 Å². The van der Waals surface area contributed by atoms with Crippen LogP contribution in [0.15, 0.2) is 77.3 Å². The van der Waals surface area contributed by atoms with Crippen LogP contribution in [-0.4, -0.2) is 5.78 Å². The van der Waals surface area contributed by atoms with Crippen molar-refractivity contribution in [2.45, 2.75) is 6.92 Å². The summed E-state index contributed by atoms with van der Waals surface area (Å²) in [7, 11) is 0. The molecule has 0 aromatic heterocycles. The number of carbonyl (C=O) groups is 1. The SMILES string of the molecule is Cc1cc(Br)ccc1-c1ccc(C(=O)c2ccccc2)cc1. The zero-order valence-electron chi connectivity index (χ0n) is 12.2. The first-order chi connectivity index (χ1) is 10.6. The van der Waals surface area contributed by atoms with Gasteiger partial charge in [0, 0.05) is 15.6 Å². The number of rotatable bonds is 3. The molecule has 0 unspecified atom stereocenters. The van der Waals surface area contributed by atoms with E-state index in [2.05, 4.69) is 35.0 Å². The van der Waals surface area contributed by atoms with Crippen molar-refractivity contribution in [3.8, 4) is 11.1 Å². The van der Waals surface area contributed by atoms with Gasteiger partial charge in [0.05, 0.1) is 0 Å². The fourth-order valence-electron chi connectivity index (χ4n) is 2.51. The average molecular weight is 351 g/mol. The van der Waals surface area contributed by atoms with Crippen molar-refractivity contribution in [2.75, 3.05) is 0 Å². The quantitative estimate of drug-likeness (QED) is 0.557. The van der Waals surface area contributed by atoms with Crippen molar-refractivity contribution in [1.82, 2.24) is 0 Å². The molecule has 3 rings (SSSR count). The lowest BCUT2D eigenvalue weighted by Gasteiger charge is -2.08. The molecule has 2 heteroatoms. The Morgan fingerprint density at radius 1 is 0.818 bits per heavy atom. The lowest BCUT2D eigenvalue weighted by Crippen LogP contribution is -2.00. The highest BCUT2D eigenvalue weighted by atomic mass is 79.9. The van der Waals surface area contributed by atoms with E-state index in [-0.39, 0.29) is 5.78 Å². The minimum absolute atomic E-state index is 0.0553. The van der Waals surface area contributed by atoms with E-state index < -0.39 is 0 Å². The van der Waals surface area contributed by atoms with E-state index in [4.69, 9.17) is 0 Å². The summed E-state index contributed by atoms with van der Waals surface area (Å²) in [4.78, 5) is 12.4. The van der Waals surface area contributed by atoms with Crippen LogP contribution in [0.1, 0.15) is 21.5 Å². The van der Waals surface area contributed by atoms with Gasteiger partial charge in [-0.15, -0.1) is 0 Å². The van der Waals surface area contributed by atoms with Gasteiger partial charge in [-0.3, -0.25) is 4.79 Å². The highest BCUT2D eigenvalue weighted by molar-refractivity contribution is 9.10. The van der Waals surface area contributed by atoms with Gasteiger partial charge in [-0.2, -0.15) is 0 Å². The first-order valence-corrected chi connectivity index (χ1v) is 7.91. The molecule has 0 N–H and O–H groups in total. The molecule has 0 saturated heterocycles. The largest absolute Gasteiger partial charge is 0.289 e. The molecular weight excluding hydrogens is 336 g/mol. The van der Waals surface area contributed by atoms with Gasteiger partial charge >= 0.3 is 0 Å². The molecule has 0 aliphatic heterocycles. The molecule has 0 aliphatic carbocycles. The van der Waals surface area contributed by atoms with Crippen LogP contribution < -0.4 is 0 Å². The van der Waals surface area contributed by atoms with Gasteiger partial charge in [0.15, 0.2) is 5.78 Å². The van der Waals surface area contributed by atoms with E-state index in [0.717, 1.165) is 15.6 Å². The van der Waals surface area contributed by atoms with Crippen molar-refractivity contribution in [2.24, 2.45) is 0 Å². The fourth-order valence-corrected chi connectivity index (χ4v) is 2.98. The Morgan fingerprint density at radius 3 is 2.09 bits per heavy atom. The Labute approximate surface area is 138 Å². The van der Waals surface area contributed by atoms with E-state index in [1.807, 2.05) is 60.7 Å². The summed E-state index contributed by atoms with van der Waals surface area (Å²) in [5.41, 5.74) is 4.94. The lowest BCUT2D eigenvalue weighted by atomic mass is 9.97. The molecule has 0 radical (unpaired) electrons. The number of carbonyl (C=O) groups excluding carboxylic acids is 1. The number of aryl methyl sites for hydroxylation is 1. The molecule has 22 heavy (non-hydrogen) atoms. The minimum atomic E-state index is 0.0553. The number of hydrogen-bond acceptors (Lipinski definition) is 1. The maximum Gasteiger partial charge on any atom is 0.193 e. The van der Waals surface area contributed by atoms with Crippen LogP contribution in [0.3, 0.4) is 0 Å². The molecule has 0 fully saturated rings. The maximum atomic E-state index is 12.4. The van der Waals surface area contributed by atoms with Gasteiger partial charge in [-0.05, 0) is 35.7 Å². The molecule has 0 spiro atoms. The Bertz CT molecular complexity index is 805. The summed E-state index contributed by atoms with van der Waals surface area (Å²) in [5, 5.41) is 0. The molecule has 1 nitrogen and oxygen atoms in total. The van der Waals surface area contributed by atoms with Gasteiger partial charge in [-0.25, -0.2) is 0 Å². The maximum absolute atomic E-state index is 12.4. The number of benzene rings is 3. The van der Waals surface area contributed by atoms with Crippen LogP contribution in [0.4, 0.5) is 0 Å². The monoisotopic (exact) mass is 350 g/mol. The number of ketones is 1. The third kappa shape index (κ3) is 3.02. The van der Waals surface area contributed by atoms with Gasteiger partial charge in [0.1, 0.15) is 0 Å². The second-order valence-electron chi connectivity index (χ2n) is 5.23. The van der Waals surface area contributed by atoms with Crippen LogP contribution in [0, 0.1) is 6.92 Å². The van der Waals surface area contributed by atoms with Crippen LogP contribution in [-0.2, 0) is 0 Å². The third-order valence-corrected chi connectivity index (χ3v) is 4.18. The van der Waals surface area contributed by atoms with Gasteiger partial charge in [0.2, 0.25) is 0 Å². The molecule has 108 valence electrons. The zero-order chi connectivity index (χ0) is 15.5. The Kier molecular flexibility index (Phi) is 4.21. The Hall–Kier alpha value is -2.19. The molecular formula is C20H15BrO. The van der Waals surface area contributed by atoms with E-state index in [1.54, 1.807) is 0 Å². The van der Waals surface area contributed by atoms with Gasteiger partial charge in [-0.1, -0.05) is 76.6 Å². The number of hydrogen-bond donors (Lipinski definition) is 0. The molecule has 0 aliphatic rings. The third-order valence-electron chi connectivity index (χ3n) is 3.68. The molecule has 3 aromatic carbocycles. The van der Waals surface area contributed by atoms with E-state index >= 15 is 0 Å². The van der Waals surface area contributed by atoms with Crippen LogP contribution in [0.5, 0.6) is 0 Å². The van der Waals surface area contributed by atoms with Crippen molar-refractivity contribution in [3.63, 3.8) is 0 Å². The summed E-state index contributed by atoms with van der Waals surface area (Å²) in [6.45, 7) is 2.09. The smallest absolute Gasteiger partial charge is 0.193 e. The fraction of sp³-hybridized carbons (Fsp3) is 0.0500. The molecule has 0 heterocycles. The summed E-state index contributed by atoms with van der Waals surface area (Å²) in [6, 6.07) is 23.4. The number of halogens is 1. The minimum Gasteiger partial charge on any atom is -0.289 e. The van der Waals surface area contributed by atoms with Crippen LogP contribution in [0.25, 0.3) is 11.1 Å². The van der Waals surface area contributed by atoms with Crippen LogP contribution in [0.2, 0.25) is 0 Å². The van der Waals surface area contributed by atoms with E-state index in [1.165, 1.54) is 11.1 Å². The molecule has 3 aromatic rings. The highest BCUT2D eigenvalue weighted by Crippen LogP contribution is 2.26. The highest BCUT2D eigenvalue weighted by Gasteiger charge is 2.09. The zero-order valence-corrected chi connectivity index (χ0v) is 13.8. The second-order valence-corrected chi connectivity index (χ2v) is 6.15. The van der Waals surface area contributed by atoms with Crippen molar-refractivity contribution >= 4 is 21.7 Å². The van der Waals surface area contributed by atoms with Gasteiger partial charge in [0.25, 0.3) is 0 Å². The average Bonchev–Trinajstić information content (AvgIpc) is 2.55. The van der Waals surface area contributed by atoms with Crippen molar-refractivity contribution < 1.29 is 4.79 Å². The van der Waals surface area contributed by atoms with Crippen molar-refractivity contribution in [3.05, 3.63) is 94.0 Å². The van der Waals surface area contributed by atoms with Crippen LogP contribution >= 0.6 is 15.9 Å². The summed E-state index contributed by atoms with van der Waals surface area (Å²) < 4.78 is 1.07.